The minimum absolute atomic E-state index is 0.116. The molecule has 2 rings (SSSR count). The lowest BCUT2D eigenvalue weighted by Crippen LogP contribution is -1.85. The van der Waals surface area contributed by atoms with Gasteiger partial charge in [-0.3, -0.25) is 0 Å². The molecule has 6 N–H and O–H groups in total. The van der Waals surface area contributed by atoms with E-state index in [0.717, 1.165) is 12.4 Å². The van der Waals surface area contributed by atoms with Gasteiger partial charge in [0.15, 0.2) is 23.0 Å². The SMILES string of the molecule is Oc1ccc(/C=N\N=C/c2ccc(O)c(O)c2O)c(O)c1O. The van der Waals surface area contributed by atoms with Gasteiger partial charge < -0.3 is 30.6 Å². The first kappa shape index (κ1) is 15.0. The lowest BCUT2D eigenvalue weighted by atomic mass is 10.2. The molecule has 0 atom stereocenters. The minimum atomic E-state index is -0.672. The Hall–Kier alpha value is -3.42. The van der Waals surface area contributed by atoms with Crippen LogP contribution in [0.4, 0.5) is 0 Å². The van der Waals surface area contributed by atoms with E-state index in [1.807, 2.05) is 0 Å². The Morgan fingerprint density at radius 3 is 1.27 bits per heavy atom. The average Bonchev–Trinajstić information content (AvgIpc) is 2.50. The summed E-state index contributed by atoms with van der Waals surface area (Å²) >= 11 is 0. The second kappa shape index (κ2) is 5.92. The third-order valence-electron chi connectivity index (χ3n) is 2.78. The van der Waals surface area contributed by atoms with Crippen LogP contribution in [0.2, 0.25) is 0 Å². The van der Waals surface area contributed by atoms with Gasteiger partial charge in [-0.15, -0.1) is 0 Å². The third kappa shape index (κ3) is 2.85. The molecule has 0 bridgehead atoms. The number of phenolic OH excluding ortho intramolecular Hbond substituents is 6. The lowest BCUT2D eigenvalue weighted by Gasteiger charge is -2.03. The van der Waals surface area contributed by atoms with E-state index >= 15 is 0 Å². The highest BCUT2D eigenvalue weighted by molar-refractivity contribution is 5.88. The molecule has 0 saturated heterocycles. The van der Waals surface area contributed by atoms with Crippen molar-refractivity contribution < 1.29 is 30.6 Å². The van der Waals surface area contributed by atoms with Crippen LogP contribution in [0, 0.1) is 0 Å². The summed E-state index contributed by atoms with van der Waals surface area (Å²) in [5.41, 5.74) is 0.232. The zero-order valence-corrected chi connectivity index (χ0v) is 11.0. The second-order valence-electron chi connectivity index (χ2n) is 4.23. The number of nitrogens with zero attached hydrogens (tertiary/aromatic N) is 2. The lowest BCUT2D eigenvalue weighted by molar-refractivity contribution is 0.367. The molecule has 2 aromatic rings. The first-order chi connectivity index (χ1) is 10.4. The monoisotopic (exact) mass is 304 g/mol. The maximum atomic E-state index is 9.55. The van der Waals surface area contributed by atoms with Crippen LogP contribution in [-0.2, 0) is 0 Å². The Morgan fingerprint density at radius 2 is 0.909 bits per heavy atom. The Labute approximate surface area is 124 Å². The van der Waals surface area contributed by atoms with Gasteiger partial charge in [-0.25, -0.2) is 0 Å². The summed E-state index contributed by atoms with van der Waals surface area (Å²) in [6.07, 6.45) is 2.23. The van der Waals surface area contributed by atoms with E-state index in [-0.39, 0.29) is 11.1 Å². The summed E-state index contributed by atoms with van der Waals surface area (Å²) in [4.78, 5) is 0. The molecule has 0 heterocycles. The molecule has 0 aliphatic carbocycles. The van der Waals surface area contributed by atoms with Crippen LogP contribution in [0.15, 0.2) is 34.5 Å². The maximum absolute atomic E-state index is 9.55. The first-order valence-corrected chi connectivity index (χ1v) is 5.96. The van der Waals surface area contributed by atoms with Gasteiger partial charge in [0, 0.05) is 11.1 Å². The zero-order valence-electron chi connectivity index (χ0n) is 11.0. The molecular formula is C14H12N2O6. The van der Waals surface area contributed by atoms with Crippen molar-refractivity contribution in [3.63, 3.8) is 0 Å². The summed E-state index contributed by atoms with van der Waals surface area (Å²) in [5, 5.41) is 63.3. The normalized spacial score (nSPS) is 11.5. The molecule has 0 radical (unpaired) electrons. The summed E-state index contributed by atoms with van der Waals surface area (Å²) < 4.78 is 0. The van der Waals surface area contributed by atoms with Crippen molar-refractivity contribution in [3.8, 4) is 34.5 Å². The number of hydrogen-bond acceptors (Lipinski definition) is 8. The topological polar surface area (TPSA) is 146 Å². The summed E-state index contributed by atoms with van der Waals surface area (Å²) in [7, 11) is 0. The van der Waals surface area contributed by atoms with Crippen molar-refractivity contribution in [2.24, 2.45) is 10.2 Å². The predicted molar refractivity (Wildman–Crippen MR) is 78.1 cm³/mol. The molecule has 2 aromatic carbocycles. The molecule has 8 nitrogen and oxygen atoms in total. The van der Waals surface area contributed by atoms with E-state index in [9.17, 15) is 20.4 Å². The van der Waals surface area contributed by atoms with Gasteiger partial charge in [0.25, 0.3) is 0 Å². The van der Waals surface area contributed by atoms with Gasteiger partial charge in [0.1, 0.15) is 0 Å². The largest absolute Gasteiger partial charge is 0.504 e. The van der Waals surface area contributed by atoms with E-state index < -0.39 is 34.5 Å². The van der Waals surface area contributed by atoms with Gasteiger partial charge >= 0.3 is 0 Å². The molecule has 114 valence electrons. The molecular weight excluding hydrogens is 292 g/mol. The molecule has 0 saturated carbocycles. The highest BCUT2D eigenvalue weighted by Gasteiger charge is 2.10. The number of rotatable bonds is 3. The maximum Gasteiger partial charge on any atom is 0.200 e. The van der Waals surface area contributed by atoms with Crippen LogP contribution in [0.1, 0.15) is 11.1 Å². The molecule has 0 fully saturated rings. The van der Waals surface area contributed by atoms with E-state index in [1.165, 1.54) is 24.3 Å². The fourth-order valence-corrected chi connectivity index (χ4v) is 1.57. The zero-order chi connectivity index (χ0) is 16.3. The fraction of sp³-hybridized carbons (Fsp3) is 0. The second-order valence-corrected chi connectivity index (χ2v) is 4.23. The smallest absolute Gasteiger partial charge is 0.200 e. The Morgan fingerprint density at radius 1 is 0.545 bits per heavy atom. The van der Waals surface area contributed by atoms with Crippen LogP contribution >= 0.6 is 0 Å². The summed E-state index contributed by atoms with van der Waals surface area (Å²) in [5.74, 6) is -3.39. The van der Waals surface area contributed by atoms with Gasteiger partial charge in [-0.05, 0) is 24.3 Å². The summed E-state index contributed by atoms with van der Waals surface area (Å²) in [6, 6.07) is 4.97. The van der Waals surface area contributed by atoms with Crippen molar-refractivity contribution >= 4 is 12.4 Å². The van der Waals surface area contributed by atoms with Crippen LogP contribution in [0.25, 0.3) is 0 Å². The Kier molecular flexibility index (Phi) is 4.03. The molecule has 0 unspecified atom stereocenters. The number of aromatic hydroxyl groups is 6. The molecule has 22 heavy (non-hydrogen) atoms. The van der Waals surface area contributed by atoms with Crippen LogP contribution in [-0.4, -0.2) is 43.1 Å². The van der Waals surface area contributed by atoms with Crippen molar-refractivity contribution in [2.45, 2.75) is 0 Å². The van der Waals surface area contributed by atoms with Crippen LogP contribution in [0.3, 0.4) is 0 Å². The van der Waals surface area contributed by atoms with E-state index in [2.05, 4.69) is 10.2 Å². The third-order valence-corrected chi connectivity index (χ3v) is 2.78. The average molecular weight is 304 g/mol. The molecule has 0 aromatic heterocycles. The van der Waals surface area contributed by atoms with Gasteiger partial charge in [-0.1, -0.05) is 0 Å². The highest BCUT2D eigenvalue weighted by Crippen LogP contribution is 2.37. The minimum Gasteiger partial charge on any atom is -0.504 e. The Bertz CT molecular complexity index is 705. The molecule has 8 heteroatoms. The summed E-state index contributed by atoms with van der Waals surface area (Å²) in [6.45, 7) is 0. The quantitative estimate of drug-likeness (QED) is 0.287. The van der Waals surface area contributed by atoms with E-state index in [4.69, 9.17) is 10.2 Å². The number of hydrogen-bond donors (Lipinski definition) is 6. The van der Waals surface area contributed by atoms with Crippen molar-refractivity contribution in [3.05, 3.63) is 35.4 Å². The molecule has 0 aliphatic rings. The fourth-order valence-electron chi connectivity index (χ4n) is 1.57. The molecule has 0 amide bonds. The molecule has 0 spiro atoms. The van der Waals surface area contributed by atoms with E-state index in [0.29, 0.717) is 0 Å². The number of phenols is 6. The first-order valence-electron chi connectivity index (χ1n) is 5.96. The standard InChI is InChI=1S/C14H12N2O6/c17-9-3-1-7(11(19)13(9)21)5-15-16-6-8-2-4-10(18)14(22)12(8)20/h1-6,17-22H/b15-5-,16-6-. The van der Waals surface area contributed by atoms with Gasteiger partial charge in [0.2, 0.25) is 11.5 Å². The Balaban J connectivity index is 2.20. The van der Waals surface area contributed by atoms with Crippen molar-refractivity contribution in [2.75, 3.05) is 0 Å². The van der Waals surface area contributed by atoms with E-state index in [1.54, 1.807) is 0 Å². The van der Waals surface area contributed by atoms with Crippen LogP contribution < -0.4 is 0 Å². The van der Waals surface area contributed by atoms with Gasteiger partial charge in [0.05, 0.1) is 12.4 Å². The van der Waals surface area contributed by atoms with Crippen molar-refractivity contribution in [1.82, 2.24) is 0 Å². The predicted octanol–water partition coefficient (Wildman–Crippen LogP) is 1.37. The van der Waals surface area contributed by atoms with Crippen LogP contribution in [0.5, 0.6) is 34.5 Å². The molecule has 0 aliphatic heterocycles. The van der Waals surface area contributed by atoms with Gasteiger partial charge in [-0.2, -0.15) is 10.2 Å². The van der Waals surface area contributed by atoms with Crippen molar-refractivity contribution in [1.29, 1.82) is 0 Å². The number of benzene rings is 2. The highest BCUT2D eigenvalue weighted by atomic mass is 16.3.